The van der Waals surface area contributed by atoms with Crippen LogP contribution in [0.2, 0.25) is 0 Å². The van der Waals surface area contributed by atoms with Gasteiger partial charge in [0.05, 0.1) is 11.3 Å². The van der Waals surface area contributed by atoms with Gasteiger partial charge in [0, 0.05) is 33.4 Å². The molecule has 0 saturated heterocycles. The second-order valence-corrected chi connectivity index (χ2v) is 15.6. The summed E-state index contributed by atoms with van der Waals surface area (Å²) >= 11 is 0. The maximum atomic E-state index is 6.77. The SMILES string of the molecule is CC1=C=C(c2cccc3oc4cc(-c5ccc6c7c(cccc57)-c5ccccc5-6)ccc4c23)C2C(C)C2(c2ccccc2)N=C1c1ccc2ccccc2c1. The van der Waals surface area contributed by atoms with Gasteiger partial charge in [0.25, 0.3) is 0 Å². The maximum absolute atomic E-state index is 6.77. The van der Waals surface area contributed by atoms with Crippen LogP contribution in [0.25, 0.3) is 82.4 Å². The standard InChI is InChI=1S/C53H35NO/c1-31-28-46(51-32(2)53(51,37-14-4-3-5-15-37)54-52(31)36-23-22-33-12-6-7-13-34(33)29-36)43-20-11-21-47-50(43)45-25-24-35(30-48(45)55-47)38-26-27-44-40-17-9-8-16-39(40)42-19-10-18-41(38)49(42)44/h3-27,29-30,32,51H,1-2H3. The highest BCUT2D eigenvalue weighted by atomic mass is 16.3. The minimum absolute atomic E-state index is 0.162. The molecule has 2 aliphatic carbocycles. The van der Waals surface area contributed by atoms with Gasteiger partial charge in [0.2, 0.25) is 0 Å². The quantitative estimate of drug-likeness (QED) is 0.168. The fourth-order valence-electron chi connectivity index (χ4n) is 10.1. The molecule has 1 aromatic heterocycles. The maximum Gasteiger partial charge on any atom is 0.136 e. The summed E-state index contributed by atoms with van der Waals surface area (Å²) in [4.78, 5) is 5.77. The largest absolute Gasteiger partial charge is 0.456 e. The molecule has 55 heavy (non-hydrogen) atoms. The van der Waals surface area contributed by atoms with E-state index in [1.54, 1.807) is 0 Å². The van der Waals surface area contributed by atoms with Crippen molar-refractivity contribution in [2.75, 3.05) is 0 Å². The van der Waals surface area contributed by atoms with Crippen molar-refractivity contribution in [3.63, 3.8) is 0 Å². The van der Waals surface area contributed by atoms with Crippen LogP contribution in [0.4, 0.5) is 0 Å². The lowest BCUT2D eigenvalue weighted by atomic mass is 9.91. The number of benzene rings is 8. The normalized spacial score (nSPS) is 19.6. The Bertz CT molecular complexity index is 3200. The van der Waals surface area contributed by atoms with Gasteiger partial charge in [-0.15, -0.1) is 5.73 Å². The first-order chi connectivity index (χ1) is 27.1. The van der Waals surface area contributed by atoms with Crippen LogP contribution in [0.3, 0.4) is 0 Å². The van der Waals surface area contributed by atoms with Gasteiger partial charge in [0.1, 0.15) is 11.2 Å². The molecule has 0 radical (unpaired) electrons. The molecule has 0 amide bonds. The van der Waals surface area contributed by atoms with E-state index in [4.69, 9.17) is 9.41 Å². The molecular weight excluding hydrogens is 667 g/mol. The van der Waals surface area contributed by atoms with Crippen LogP contribution >= 0.6 is 0 Å². The van der Waals surface area contributed by atoms with Crippen molar-refractivity contribution in [3.8, 4) is 33.4 Å². The van der Waals surface area contributed by atoms with E-state index in [1.807, 2.05) is 0 Å². The van der Waals surface area contributed by atoms with E-state index in [9.17, 15) is 0 Å². The van der Waals surface area contributed by atoms with Crippen LogP contribution in [-0.2, 0) is 5.54 Å². The summed E-state index contributed by atoms with van der Waals surface area (Å²) in [5, 5.41) is 7.32. The van der Waals surface area contributed by atoms with Gasteiger partial charge in [-0.05, 0) is 103 Å². The Hall–Kier alpha value is -6.73. The first-order valence-corrected chi connectivity index (χ1v) is 19.3. The highest BCUT2D eigenvalue weighted by Gasteiger charge is 2.66. The fraction of sp³-hybridized carbons (Fsp3) is 0.0943. The van der Waals surface area contributed by atoms with Crippen LogP contribution in [0.15, 0.2) is 185 Å². The van der Waals surface area contributed by atoms with Crippen LogP contribution in [-0.4, -0.2) is 5.71 Å². The van der Waals surface area contributed by atoms with Crippen molar-refractivity contribution in [2.45, 2.75) is 19.4 Å². The monoisotopic (exact) mass is 701 g/mol. The third-order valence-electron chi connectivity index (χ3n) is 12.7. The summed E-state index contributed by atoms with van der Waals surface area (Å²) in [5.41, 5.74) is 19.9. The Morgan fingerprint density at radius 1 is 0.527 bits per heavy atom. The minimum atomic E-state index is -0.396. The average Bonchev–Trinajstić information content (AvgIpc) is 3.49. The number of rotatable bonds is 4. The Balaban J connectivity index is 1.04. The summed E-state index contributed by atoms with van der Waals surface area (Å²) in [6.45, 7) is 4.54. The second kappa shape index (κ2) is 11.1. The van der Waals surface area contributed by atoms with Crippen molar-refractivity contribution in [1.82, 2.24) is 0 Å². The second-order valence-electron chi connectivity index (χ2n) is 15.6. The molecule has 2 heteroatoms. The number of hydrogen-bond acceptors (Lipinski definition) is 2. The molecule has 0 bridgehead atoms. The smallest absolute Gasteiger partial charge is 0.136 e. The van der Waals surface area contributed by atoms with E-state index in [0.717, 1.165) is 44.4 Å². The van der Waals surface area contributed by atoms with Gasteiger partial charge in [-0.3, -0.25) is 4.99 Å². The molecule has 3 atom stereocenters. The number of nitrogens with zero attached hydrogens (tertiary/aromatic N) is 1. The molecule has 0 N–H and O–H groups in total. The van der Waals surface area contributed by atoms with Crippen LogP contribution in [0.5, 0.6) is 0 Å². The molecule has 2 heterocycles. The van der Waals surface area contributed by atoms with Gasteiger partial charge in [0.15, 0.2) is 0 Å². The third-order valence-corrected chi connectivity index (χ3v) is 12.7. The molecule has 0 spiro atoms. The lowest BCUT2D eigenvalue weighted by Gasteiger charge is -2.17. The lowest BCUT2D eigenvalue weighted by Crippen LogP contribution is -2.13. The molecule has 3 aliphatic rings. The van der Waals surface area contributed by atoms with E-state index >= 15 is 0 Å². The first kappa shape index (κ1) is 30.7. The summed E-state index contributed by atoms with van der Waals surface area (Å²) in [6.07, 6.45) is 0. The van der Waals surface area contributed by atoms with Gasteiger partial charge in [-0.2, -0.15) is 0 Å². The summed E-state index contributed by atoms with van der Waals surface area (Å²) < 4.78 is 6.77. The molecule has 258 valence electrons. The zero-order chi connectivity index (χ0) is 36.4. The number of hydrogen-bond donors (Lipinski definition) is 0. The lowest BCUT2D eigenvalue weighted by molar-refractivity contribution is 0.659. The third kappa shape index (κ3) is 4.23. The van der Waals surface area contributed by atoms with E-state index in [2.05, 4.69) is 183 Å². The van der Waals surface area contributed by atoms with E-state index in [-0.39, 0.29) is 11.8 Å². The summed E-state index contributed by atoms with van der Waals surface area (Å²) in [5.74, 6) is 0.450. The van der Waals surface area contributed by atoms with Crippen LogP contribution in [0.1, 0.15) is 30.5 Å². The molecule has 1 aliphatic heterocycles. The average molecular weight is 702 g/mol. The van der Waals surface area contributed by atoms with Crippen molar-refractivity contribution < 1.29 is 4.42 Å². The van der Waals surface area contributed by atoms with Crippen molar-refractivity contribution >= 4 is 54.8 Å². The number of aliphatic imine (C=N–C) groups is 1. The van der Waals surface area contributed by atoms with Crippen molar-refractivity contribution in [1.29, 1.82) is 0 Å². The Morgan fingerprint density at radius 3 is 2.07 bits per heavy atom. The molecule has 1 saturated carbocycles. The Morgan fingerprint density at radius 2 is 1.22 bits per heavy atom. The van der Waals surface area contributed by atoms with E-state index in [1.165, 1.54) is 66.1 Å². The van der Waals surface area contributed by atoms with Gasteiger partial charge >= 0.3 is 0 Å². The topological polar surface area (TPSA) is 25.5 Å². The minimum Gasteiger partial charge on any atom is -0.456 e. The van der Waals surface area contributed by atoms with E-state index < -0.39 is 5.54 Å². The molecule has 9 aromatic rings. The van der Waals surface area contributed by atoms with E-state index in [0.29, 0.717) is 0 Å². The predicted octanol–water partition coefficient (Wildman–Crippen LogP) is 13.8. The van der Waals surface area contributed by atoms with Gasteiger partial charge < -0.3 is 4.42 Å². The fourth-order valence-corrected chi connectivity index (χ4v) is 10.1. The summed E-state index contributed by atoms with van der Waals surface area (Å²) in [7, 11) is 0. The Labute approximate surface area is 319 Å². The number of fused-ring (bicyclic) bond motifs is 8. The molecular formula is C53H35NO. The highest BCUT2D eigenvalue weighted by molar-refractivity contribution is 6.20. The van der Waals surface area contributed by atoms with Crippen molar-refractivity contribution in [3.05, 3.63) is 192 Å². The predicted molar refractivity (Wildman–Crippen MR) is 228 cm³/mol. The zero-order valence-electron chi connectivity index (χ0n) is 30.6. The number of furan rings is 1. The first-order valence-electron chi connectivity index (χ1n) is 19.3. The molecule has 1 fully saturated rings. The summed E-state index contributed by atoms with van der Waals surface area (Å²) in [6, 6.07) is 59.5. The van der Waals surface area contributed by atoms with Gasteiger partial charge in [-0.25, -0.2) is 0 Å². The molecule has 8 aromatic carbocycles. The van der Waals surface area contributed by atoms with Gasteiger partial charge in [-0.1, -0.05) is 146 Å². The Kier molecular flexibility index (Phi) is 6.22. The molecule has 2 nitrogen and oxygen atoms in total. The molecule has 12 rings (SSSR count). The van der Waals surface area contributed by atoms with Crippen LogP contribution in [0, 0.1) is 11.8 Å². The highest BCUT2D eigenvalue weighted by Crippen LogP contribution is 2.67. The molecule has 3 unspecified atom stereocenters. The zero-order valence-corrected chi connectivity index (χ0v) is 30.6. The van der Waals surface area contributed by atoms with Crippen molar-refractivity contribution in [2.24, 2.45) is 16.8 Å². The van der Waals surface area contributed by atoms with Crippen LogP contribution < -0.4 is 0 Å².